The summed E-state index contributed by atoms with van der Waals surface area (Å²) in [7, 11) is 0. The van der Waals surface area contributed by atoms with E-state index >= 15 is 0 Å². The first-order valence-electron chi connectivity index (χ1n) is 34.2. The Morgan fingerprint density at radius 3 is 1.18 bits per heavy atom. The molecule has 111 heavy (non-hydrogen) atoms. The highest BCUT2D eigenvalue weighted by atomic mass is 16.4. The number of rotatable bonds is 52. The van der Waals surface area contributed by atoms with Crippen molar-refractivity contribution in [2.75, 3.05) is 26.2 Å². The number of nitrogens with one attached hydrogen (secondary N) is 15. The van der Waals surface area contributed by atoms with Crippen LogP contribution in [0.4, 0.5) is 0 Å². The fourth-order valence-electron chi connectivity index (χ4n) is 9.95. The maximum atomic E-state index is 14.4. The molecule has 0 saturated carbocycles. The Morgan fingerprint density at radius 2 is 0.748 bits per heavy atom. The molecule has 45 nitrogen and oxygen atoms in total. The number of carboxylic acid groups (broad SMARTS) is 5. The van der Waals surface area contributed by atoms with Gasteiger partial charge in [0.1, 0.15) is 66.5 Å². The minimum absolute atomic E-state index is 0.100. The first-order valence-corrected chi connectivity index (χ1v) is 34.2. The van der Waals surface area contributed by atoms with Crippen molar-refractivity contribution in [2.24, 2.45) is 28.9 Å². The largest absolute Gasteiger partial charge is 0.481 e. The van der Waals surface area contributed by atoms with Gasteiger partial charge >= 0.3 is 29.8 Å². The number of aliphatic carboxylic acids is 5. The number of carbonyl (C=O) groups is 20. The number of nitrogens with two attached hydrogens (primary N) is 4. The Kier molecular flexibility index (Phi) is 41.0. The second-order valence-corrected chi connectivity index (χ2v) is 25.3. The molecule has 0 aromatic heterocycles. The predicted molar refractivity (Wildman–Crippen MR) is 380 cm³/mol. The van der Waals surface area contributed by atoms with E-state index in [1.54, 1.807) is 60.7 Å². The Morgan fingerprint density at radius 1 is 0.378 bits per heavy atom. The summed E-state index contributed by atoms with van der Waals surface area (Å²) >= 11 is 0. The molecule has 610 valence electrons. The molecule has 12 atom stereocenters. The number of amides is 15. The number of aliphatic hydroxyl groups is 1. The SMILES string of the molecule is CC(NC(=O)C(CO)NC(=O)C(Cc1ccccc1)NC(=O)C(Cc1ccccc1)NC(=O)CNC(=O)C(CCC(=O)O)NC(=O)C(CCC(=O)O)NC(=O)C(CC(N)=O)NC(=O)C(CC(=O)O)NC(=O)C(CC(N)=O)NC(=O)C(NC(=O)CNC(=O)C(N)CCC(=O)O)C(C)C)C(=O)NC(CCCNC(=N)N)C(=O)O. The summed E-state index contributed by atoms with van der Waals surface area (Å²) in [5.41, 5.74) is 22.5. The van der Waals surface area contributed by atoms with Crippen LogP contribution in [0.2, 0.25) is 0 Å². The predicted octanol–water partition coefficient (Wildman–Crippen LogP) is -9.80. The maximum Gasteiger partial charge on any atom is 0.326 e. The molecule has 12 unspecified atom stereocenters. The molecule has 0 aliphatic heterocycles. The molecule has 0 fully saturated rings. The van der Waals surface area contributed by atoms with Crippen molar-refractivity contribution in [3.63, 3.8) is 0 Å². The van der Waals surface area contributed by atoms with Gasteiger partial charge in [-0.15, -0.1) is 0 Å². The Hall–Kier alpha value is -13.0. The summed E-state index contributed by atoms with van der Waals surface area (Å²) in [6.45, 7) is 1.19. The van der Waals surface area contributed by atoms with Crippen molar-refractivity contribution in [2.45, 2.75) is 177 Å². The molecule has 0 aliphatic carbocycles. The first kappa shape index (κ1) is 94.1. The highest BCUT2D eigenvalue weighted by Crippen LogP contribution is 2.12. The number of hydrogen-bond acceptors (Lipinski definition) is 23. The zero-order valence-corrected chi connectivity index (χ0v) is 60.5. The molecule has 0 spiro atoms. The Bertz CT molecular complexity index is 3680. The van der Waals surface area contributed by atoms with Gasteiger partial charge in [0.25, 0.3) is 0 Å². The number of aliphatic hydroxyl groups excluding tert-OH is 1. The second-order valence-electron chi connectivity index (χ2n) is 25.3. The smallest absolute Gasteiger partial charge is 0.326 e. The quantitative estimate of drug-likeness (QED) is 0.0166. The molecular weight excluding hydrogens is 1470 g/mol. The number of primary amides is 2. The number of guanidine groups is 1. The van der Waals surface area contributed by atoms with Gasteiger partial charge in [0.05, 0.1) is 45.0 Å². The third-order valence-corrected chi connectivity index (χ3v) is 15.8. The third-order valence-electron chi connectivity index (χ3n) is 15.8. The molecule has 45 heteroatoms. The van der Waals surface area contributed by atoms with E-state index in [2.05, 4.69) is 63.8 Å². The van der Waals surface area contributed by atoms with Gasteiger partial charge < -0.3 is 128 Å². The summed E-state index contributed by atoms with van der Waals surface area (Å²) in [6, 6.07) is -5.61. The van der Waals surface area contributed by atoms with E-state index < -0.39 is 268 Å². The lowest BCUT2D eigenvalue weighted by atomic mass is 10.0. The zero-order valence-electron chi connectivity index (χ0n) is 60.5. The molecule has 15 amide bonds. The molecule has 2 aromatic rings. The van der Waals surface area contributed by atoms with E-state index in [0.717, 1.165) is 0 Å². The van der Waals surface area contributed by atoms with Gasteiger partial charge in [-0.2, -0.15) is 0 Å². The van der Waals surface area contributed by atoms with Gasteiger partial charge in [0, 0.05) is 38.6 Å². The van der Waals surface area contributed by atoms with Crippen LogP contribution in [0.3, 0.4) is 0 Å². The highest BCUT2D eigenvalue weighted by Gasteiger charge is 2.38. The van der Waals surface area contributed by atoms with Crippen LogP contribution >= 0.6 is 0 Å². The summed E-state index contributed by atoms with van der Waals surface area (Å²) in [5, 5.41) is 96.3. The standard InChI is InChI=1S/C66H95N19O26/c1-31(2)53(85-48(90)29-73-55(100)35(67)16-19-49(91)92)64(109)83-42(26-46(69)88)61(106)82-43(27-52(97)98)62(107)81-41(25-45(68)87)60(105)78-37(18-21-51(95)96)57(102)77-36(17-20-50(93)94)56(101)74-28-47(89)76-39(23-33-11-6-4-7-12-33)58(103)80-40(24-34-13-8-5-9-14-34)59(104)84-44(30-86)63(108)75-32(3)54(99)79-38(65(110)111)15-10-22-72-66(70)71/h4-9,11-14,31-32,35-44,53,86H,10,15-30,67H2,1-3H3,(H2,68,87)(H2,69,88)(H,73,100)(H,74,101)(H,75,108)(H,76,89)(H,77,102)(H,78,105)(H,79,99)(H,80,103)(H,81,107)(H,82,106)(H,83,109)(H,84,104)(H,85,90)(H,91,92)(H,93,94)(H,95,96)(H,97,98)(H,110,111)(H4,70,71,72). The lowest BCUT2D eigenvalue weighted by Gasteiger charge is -2.27. The van der Waals surface area contributed by atoms with Crippen molar-refractivity contribution in [3.8, 4) is 0 Å². The van der Waals surface area contributed by atoms with Crippen LogP contribution in [0, 0.1) is 11.3 Å². The average Bonchev–Trinajstić information content (AvgIpc) is 0.857. The molecule has 0 bridgehead atoms. The summed E-state index contributed by atoms with van der Waals surface area (Å²) in [5.74, 6) is -27.3. The number of benzene rings is 2. The van der Waals surface area contributed by atoms with Crippen molar-refractivity contribution in [1.82, 2.24) is 74.4 Å². The molecule has 2 aromatic carbocycles. The molecular formula is C66H95N19O26. The van der Waals surface area contributed by atoms with Gasteiger partial charge in [-0.3, -0.25) is 96.5 Å². The first-order chi connectivity index (χ1) is 52.1. The molecule has 0 radical (unpaired) electrons. The lowest BCUT2D eigenvalue weighted by molar-refractivity contribution is -0.142. The molecule has 0 heterocycles. The highest BCUT2D eigenvalue weighted by molar-refractivity contribution is 6.02. The number of hydrogen-bond donors (Lipinski definition) is 25. The van der Waals surface area contributed by atoms with Gasteiger partial charge in [-0.05, 0) is 56.1 Å². The van der Waals surface area contributed by atoms with Gasteiger partial charge in [0.2, 0.25) is 88.6 Å². The monoisotopic (exact) mass is 1570 g/mol. The van der Waals surface area contributed by atoms with E-state index in [4.69, 9.17) is 33.5 Å². The minimum atomic E-state index is -2.29. The van der Waals surface area contributed by atoms with Gasteiger partial charge in [-0.25, -0.2) is 4.79 Å². The van der Waals surface area contributed by atoms with E-state index in [1.165, 1.54) is 20.8 Å². The van der Waals surface area contributed by atoms with E-state index in [-0.39, 0.29) is 44.6 Å². The van der Waals surface area contributed by atoms with Crippen molar-refractivity contribution in [1.29, 1.82) is 5.41 Å². The van der Waals surface area contributed by atoms with Crippen LogP contribution in [0.1, 0.15) is 103 Å². The van der Waals surface area contributed by atoms with Crippen molar-refractivity contribution in [3.05, 3.63) is 71.8 Å². The van der Waals surface area contributed by atoms with Crippen LogP contribution in [0.25, 0.3) is 0 Å². The molecule has 0 saturated heterocycles. The van der Waals surface area contributed by atoms with Crippen LogP contribution in [0.5, 0.6) is 0 Å². The molecule has 2 rings (SSSR count). The minimum Gasteiger partial charge on any atom is -0.481 e. The zero-order chi connectivity index (χ0) is 83.8. The molecule has 29 N–H and O–H groups in total. The maximum absolute atomic E-state index is 14.4. The Balaban J connectivity index is 2.43. The fourth-order valence-corrected chi connectivity index (χ4v) is 9.95. The molecule has 0 aliphatic rings. The summed E-state index contributed by atoms with van der Waals surface area (Å²) < 4.78 is 0. The second kappa shape index (κ2) is 48.4. The van der Waals surface area contributed by atoms with E-state index in [0.29, 0.717) is 11.1 Å². The van der Waals surface area contributed by atoms with Crippen LogP contribution in [-0.2, 0) is 109 Å². The average molecular weight is 1570 g/mol. The van der Waals surface area contributed by atoms with Gasteiger partial charge in [0.15, 0.2) is 5.96 Å². The lowest BCUT2D eigenvalue weighted by Crippen LogP contribution is -2.61. The van der Waals surface area contributed by atoms with Crippen LogP contribution < -0.4 is 97.4 Å². The van der Waals surface area contributed by atoms with E-state index in [1.807, 2.05) is 10.6 Å². The van der Waals surface area contributed by atoms with Crippen LogP contribution in [-0.4, -0.2) is 254 Å². The topological polar surface area (TPSA) is 759 Å². The van der Waals surface area contributed by atoms with Crippen molar-refractivity contribution < 1.29 is 127 Å². The van der Waals surface area contributed by atoms with Crippen molar-refractivity contribution >= 4 is 124 Å². The van der Waals surface area contributed by atoms with Gasteiger partial charge in [-0.1, -0.05) is 74.5 Å². The fraction of sp³-hybridized carbons (Fsp3) is 0.500. The normalized spacial score (nSPS) is 14.0. The number of carbonyl (C=O) groups excluding carboxylic acids is 15. The summed E-state index contributed by atoms with van der Waals surface area (Å²) in [4.78, 5) is 261. The summed E-state index contributed by atoms with van der Waals surface area (Å²) in [6.07, 6.45) is -8.43. The number of carboxylic acids is 5. The van der Waals surface area contributed by atoms with E-state index in [9.17, 15) is 121 Å². The Labute approximate surface area is 632 Å². The van der Waals surface area contributed by atoms with Crippen LogP contribution in [0.15, 0.2) is 60.7 Å². The third kappa shape index (κ3) is 37.4.